The van der Waals surface area contributed by atoms with E-state index < -0.39 is 18.1 Å². The summed E-state index contributed by atoms with van der Waals surface area (Å²) in [5.41, 5.74) is 0.290. The molecule has 2 unspecified atom stereocenters. The largest absolute Gasteiger partial charge is 0.419 e. The van der Waals surface area contributed by atoms with E-state index in [9.17, 15) is 18.3 Å². The minimum Gasteiger partial charge on any atom is -0.358 e. The quantitative estimate of drug-likeness (QED) is 0.824. The van der Waals surface area contributed by atoms with Crippen molar-refractivity contribution >= 4 is 15.9 Å². The van der Waals surface area contributed by atoms with Crippen molar-refractivity contribution in [1.82, 2.24) is 0 Å². The van der Waals surface area contributed by atoms with Gasteiger partial charge in [-0.2, -0.15) is 13.2 Å². The van der Waals surface area contributed by atoms with Crippen LogP contribution in [0, 0.1) is 0 Å². The second-order valence-electron chi connectivity index (χ2n) is 4.78. The molecule has 0 saturated carbocycles. The number of fused-ring (bicyclic) bond motifs is 1. The Hall–Kier alpha value is -1.37. The molecule has 0 bridgehead atoms. The maximum Gasteiger partial charge on any atom is 0.419 e. The van der Waals surface area contributed by atoms with Gasteiger partial charge in [0.15, 0.2) is 6.10 Å². The molecule has 0 aliphatic carbocycles. The molecule has 3 rings (SSSR count). The zero-order valence-electron chi connectivity index (χ0n) is 10.6. The van der Waals surface area contributed by atoms with Crippen LogP contribution in [0.4, 0.5) is 13.2 Å². The molecule has 1 aliphatic heterocycles. The Bertz CT molecular complexity index is 672. The van der Waals surface area contributed by atoms with Gasteiger partial charge in [0.25, 0.3) is 0 Å². The highest BCUT2D eigenvalue weighted by atomic mass is 79.9. The predicted molar refractivity (Wildman–Crippen MR) is 73.5 cm³/mol. The van der Waals surface area contributed by atoms with E-state index in [1.807, 2.05) is 0 Å². The molecular weight excluding hydrogens is 349 g/mol. The second kappa shape index (κ2) is 4.83. The smallest absolute Gasteiger partial charge is 0.358 e. The molecule has 2 aromatic rings. The summed E-state index contributed by atoms with van der Waals surface area (Å²) in [4.78, 5) is 0. The van der Waals surface area contributed by atoms with Gasteiger partial charge in [0.05, 0.1) is 0 Å². The van der Waals surface area contributed by atoms with Crippen molar-refractivity contribution in [2.24, 2.45) is 0 Å². The van der Waals surface area contributed by atoms with Gasteiger partial charge < -0.3 is 9.84 Å². The van der Waals surface area contributed by atoms with Gasteiger partial charge in [0, 0.05) is 15.6 Å². The van der Waals surface area contributed by atoms with Crippen molar-refractivity contribution in [3.8, 4) is 0 Å². The van der Waals surface area contributed by atoms with Crippen molar-refractivity contribution in [2.75, 3.05) is 0 Å². The molecule has 6 heteroatoms. The van der Waals surface area contributed by atoms with Gasteiger partial charge in [0.2, 0.25) is 5.79 Å². The molecule has 0 aromatic heterocycles. The van der Waals surface area contributed by atoms with Crippen molar-refractivity contribution in [1.29, 1.82) is 0 Å². The zero-order valence-corrected chi connectivity index (χ0v) is 12.1. The monoisotopic (exact) mass is 358 g/mol. The van der Waals surface area contributed by atoms with E-state index in [1.165, 1.54) is 30.3 Å². The summed E-state index contributed by atoms with van der Waals surface area (Å²) in [6, 6.07) is 12.3. The van der Waals surface area contributed by atoms with Gasteiger partial charge in [-0.05, 0) is 17.7 Å². The first-order chi connectivity index (χ1) is 9.82. The molecule has 0 spiro atoms. The van der Waals surface area contributed by atoms with Gasteiger partial charge >= 0.3 is 6.18 Å². The molecule has 0 fully saturated rings. The molecule has 1 N–H and O–H groups in total. The van der Waals surface area contributed by atoms with E-state index in [4.69, 9.17) is 4.74 Å². The Balaban J connectivity index is 2.20. The van der Waals surface area contributed by atoms with E-state index in [0.717, 1.165) is 0 Å². The summed E-state index contributed by atoms with van der Waals surface area (Å²) >= 11 is 3.21. The van der Waals surface area contributed by atoms with E-state index in [0.29, 0.717) is 4.47 Å². The SMILES string of the molecule is OC1(c2ccccc2)OC(C(F)(F)F)c2ccc(Br)cc21. The lowest BCUT2D eigenvalue weighted by Gasteiger charge is -2.25. The van der Waals surface area contributed by atoms with Crippen LogP contribution in [0.1, 0.15) is 22.8 Å². The van der Waals surface area contributed by atoms with Crippen molar-refractivity contribution in [3.63, 3.8) is 0 Å². The number of rotatable bonds is 1. The third-order valence-electron chi connectivity index (χ3n) is 3.41. The Morgan fingerprint density at radius 3 is 2.38 bits per heavy atom. The van der Waals surface area contributed by atoms with Crippen LogP contribution in [-0.4, -0.2) is 11.3 Å². The number of aliphatic hydroxyl groups is 1. The fraction of sp³-hybridized carbons (Fsp3) is 0.200. The summed E-state index contributed by atoms with van der Waals surface area (Å²) in [7, 11) is 0. The molecular formula is C15H10BrF3O2. The van der Waals surface area contributed by atoms with Crippen LogP contribution in [0.5, 0.6) is 0 Å². The highest BCUT2D eigenvalue weighted by Gasteiger charge is 2.55. The molecule has 1 heterocycles. The Kier molecular flexibility index (Phi) is 3.35. The molecule has 0 radical (unpaired) electrons. The van der Waals surface area contributed by atoms with Crippen LogP contribution in [0.3, 0.4) is 0 Å². The van der Waals surface area contributed by atoms with Crippen LogP contribution in [0.25, 0.3) is 0 Å². The lowest BCUT2D eigenvalue weighted by Crippen LogP contribution is -2.29. The summed E-state index contributed by atoms with van der Waals surface area (Å²) in [6.07, 6.45) is -6.74. The highest BCUT2D eigenvalue weighted by molar-refractivity contribution is 9.10. The third-order valence-corrected chi connectivity index (χ3v) is 3.91. The average Bonchev–Trinajstić information content (AvgIpc) is 2.74. The molecule has 2 nitrogen and oxygen atoms in total. The summed E-state index contributed by atoms with van der Waals surface area (Å²) in [5, 5.41) is 10.7. The average molecular weight is 359 g/mol. The first kappa shape index (κ1) is 14.6. The van der Waals surface area contributed by atoms with Crippen molar-refractivity contribution < 1.29 is 23.0 Å². The van der Waals surface area contributed by atoms with E-state index in [2.05, 4.69) is 15.9 Å². The topological polar surface area (TPSA) is 29.5 Å². The fourth-order valence-electron chi connectivity index (χ4n) is 2.48. The minimum absolute atomic E-state index is 0.0722. The molecule has 0 amide bonds. The normalized spacial score (nSPS) is 24.9. The summed E-state index contributed by atoms with van der Waals surface area (Å²) in [5.74, 6) is -2.11. The van der Waals surface area contributed by atoms with Crippen LogP contribution >= 0.6 is 15.9 Å². The highest BCUT2D eigenvalue weighted by Crippen LogP contribution is 2.52. The first-order valence-corrected chi connectivity index (χ1v) is 6.94. The van der Waals surface area contributed by atoms with Gasteiger partial charge in [-0.15, -0.1) is 0 Å². The number of ether oxygens (including phenoxy) is 1. The minimum atomic E-state index is -4.60. The van der Waals surface area contributed by atoms with Crippen molar-refractivity contribution in [3.05, 3.63) is 69.7 Å². The maximum absolute atomic E-state index is 13.2. The molecule has 0 saturated heterocycles. The number of benzene rings is 2. The van der Waals surface area contributed by atoms with Gasteiger partial charge in [-0.3, -0.25) is 0 Å². The number of halogens is 4. The summed E-state index contributed by atoms with van der Waals surface area (Å²) in [6.45, 7) is 0. The number of alkyl halides is 3. The Labute approximate surface area is 127 Å². The Morgan fingerprint density at radius 2 is 1.76 bits per heavy atom. The van der Waals surface area contributed by atoms with E-state index in [-0.39, 0.29) is 16.7 Å². The van der Waals surface area contributed by atoms with E-state index in [1.54, 1.807) is 18.2 Å². The predicted octanol–water partition coefficient (Wildman–Crippen LogP) is 4.28. The van der Waals surface area contributed by atoms with Crippen LogP contribution in [0.2, 0.25) is 0 Å². The van der Waals surface area contributed by atoms with Crippen LogP contribution in [-0.2, 0) is 10.5 Å². The standard InChI is InChI=1S/C15H10BrF3O2/c16-10-6-7-11-12(8-10)14(20,9-4-2-1-3-5-9)21-13(11)15(17,18)19/h1-8,13,20H. The zero-order chi connectivity index (χ0) is 15.3. The first-order valence-electron chi connectivity index (χ1n) is 6.15. The number of hydrogen-bond acceptors (Lipinski definition) is 2. The lowest BCUT2D eigenvalue weighted by molar-refractivity contribution is -0.284. The fourth-order valence-corrected chi connectivity index (χ4v) is 2.84. The van der Waals surface area contributed by atoms with Crippen molar-refractivity contribution in [2.45, 2.75) is 18.1 Å². The van der Waals surface area contributed by atoms with Gasteiger partial charge in [-0.1, -0.05) is 52.3 Å². The Morgan fingerprint density at radius 1 is 1.10 bits per heavy atom. The van der Waals surface area contributed by atoms with Gasteiger partial charge in [0.1, 0.15) is 0 Å². The van der Waals surface area contributed by atoms with Crippen LogP contribution < -0.4 is 0 Å². The molecule has 1 aliphatic rings. The third kappa shape index (κ3) is 2.37. The molecule has 21 heavy (non-hydrogen) atoms. The van der Waals surface area contributed by atoms with Crippen LogP contribution in [0.15, 0.2) is 53.0 Å². The molecule has 110 valence electrons. The maximum atomic E-state index is 13.2. The molecule has 2 atom stereocenters. The lowest BCUT2D eigenvalue weighted by atomic mass is 9.94. The number of hydrogen-bond donors (Lipinski definition) is 1. The summed E-state index contributed by atoms with van der Waals surface area (Å²) < 4.78 is 45.1. The second-order valence-corrected chi connectivity index (χ2v) is 5.70. The van der Waals surface area contributed by atoms with Gasteiger partial charge in [-0.25, -0.2) is 0 Å². The molecule has 2 aromatic carbocycles. The van der Waals surface area contributed by atoms with E-state index >= 15 is 0 Å².